The minimum absolute atomic E-state index is 0.0990. The Morgan fingerprint density at radius 3 is 2.63 bits per heavy atom. The molecule has 1 spiro atoms. The molecule has 0 aromatic heterocycles. The topological polar surface area (TPSA) is 64.8 Å². The van der Waals surface area contributed by atoms with Gasteiger partial charge in [-0.3, -0.25) is 10.1 Å². The zero-order valence-electron chi connectivity index (χ0n) is 17.3. The van der Waals surface area contributed by atoms with Crippen LogP contribution in [0.1, 0.15) is 25.0 Å². The van der Waals surface area contributed by atoms with Gasteiger partial charge >= 0.3 is 5.69 Å². The van der Waals surface area contributed by atoms with E-state index in [1.54, 1.807) is 6.07 Å². The maximum Gasteiger partial charge on any atom is 0.315 e. The van der Waals surface area contributed by atoms with E-state index in [0.29, 0.717) is 11.3 Å². The van der Waals surface area contributed by atoms with Crippen molar-refractivity contribution in [3.8, 4) is 11.5 Å². The highest BCUT2D eigenvalue weighted by atomic mass is 16.6. The Morgan fingerprint density at radius 1 is 1.13 bits per heavy atom. The Balaban J connectivity index is 1.74. The Bertz CT molecular complexity index is 1250. The first-order valence-electron chi connectivity index (χ1n) is 9.81. The smallest absolute Gasteiger partial charge is 0.315 e. The normalized spacial score (nSPS) is 20.7. The molecule has 2 aliphatic heterocycles. The zero-order chi connectivity index (χ0) is 21.3. The van der Waals surface area contributed by atoms with Crippen LogP contribution in [-0.4, -0.2) is 24.8 Å². The van der Waals surface area contributed by atoms with Gasteiger partial charge in [-0.05, 0) is 54.5 Å². The van der Waals surface area contributed by atoms with Gasteiger partial charge in [-0.25, -0.2) is 0 Å². The third-order valence-electron chi connectivity index (χ3n) is 6.54. The fourth-order valence-electron chi connectivity index (χ4n) is 4.98. The summed E-state index contributed by atoms with van der Waals surface area (Å²) in [6.45, 7) is 4.26. The summed E-state index contributed by atoms with van der Waals surface area (Å²) in [5.41, 5.74) is 1.40. The van der Waals surface area contributed by atoms with Gasteiger partial charge in [0.15, 0.2) is 0 Å². The molecule has 2 heterocycles. The van der Waals surface area contributed by atoms with Gasteiger partial charge in [0.1, 0.15) is 5.75 Å². The molecular formula is C24H22N2O4. The van der Waals surface area contributed by atoms with Crippen LogP contribution < -0.4 is 14.4 Å². The average Bonchev–Trinajstić information content (AvgIpc) is 2.91. The van der Waals surface area contributed by atoms with Gasteiger partial charge in [-0.15, -0.1) is 0 Å². The first-order valence-corrected chi connectivity index (χ1v) is 9.81. The molecule has 30 heavy (non-hydrogen) atoms. The molecule has 0 saturated heterocycles. The van der Waals surface area contributed by atoms with Crippen molar-refractivity contribution in [3.63, 3.8) is 0 Å². The Morgan fingerprint density at radius 2 is 1.90 bits per heavy atom. The molecule has 6 heteroatoms. The van der Waals surface area contributed by atoms with Crippen LogP contribution in [0.3, 0.4) is 0 Å². The lowest BCUT2D eigenvalue weighted by molar-refractivity contribution is -0.386. The first-order chi connectivity index (χ1) is 14.3. The van der Waals surface area contributed by atoms with E-state index in [4.69, 9.17) is 9.47 Å². The monoisotopic (exact) mass is 402 g/mol. The van der Waals surface area contributed by atoms with Crippen LogP contribution >= 0.6 is 0 Å². The number of nitro benzene ring substituents is 1. The number of benzene rings is 3. The molecule has 152 valence electrons. The first kappa shape index (κ1) is 18.5. The molecule has 2 aliphatic rings. The van der Waals surface area contributed by atoms with Crippen LogP contribution in [0.15, 0.2) is 54.6 Å². The summed E-state index contributed by atoms with van der Waals surface area (Å²) in [4.78, 5) is 13.5. The Hall–Kier alpha value is -3.54. The lowest BCUT2D eigenvalue weighted by atomic mass is 9.75. The second kappa shape index (κ2) is 5.98. The molecule has 0 radical (unpaired) electrons. The zero-order valence-corrected chi connectivity index (χ0v) is 17.3. The maximum atomic E-state index is 11.8. The van der Waals surface area contributed by atoms with Crippen LogP contribution in [0, 0.1) is 10.1 Å². The molecule has 0 saturated carbocycles. The SMILES string of the molecule is COc1cc2c(c([N+](=O)[O-])c1)O[C@]1(C=C2)N(C)c2ccc3ccccc3c2C1(C)C. The molecule has 0 N–H and O–H groups in total. The molecule has 3 aromatic rings. The summed E-state index contributed by atoms with van der Waals surface area (Å²) >= 11 is 0. The number of anilines is 1. The summed E-state index contributed by atoms with van der Waals surface area (Å²) in [6, 6.07) is 15.7. The molecule has 1 atom stereocenters. The second-order valence-corrected chi connectivity index (χ2v) is 8.32. The molecule has 0 aliphatic carbocycles. The van der Waals surface area contributed by atoms with Gasteiger partial charge in [-0.2, -0.15) is 0 Å². The molecule has 5 rings (SSSR count). The number of likely N-dealkylation sites (N-methyl/N-ethyl adjacent to an activating group) is 1. The van der Waals surface area contributed by atoms with Crippen LogP contribution in [0.25, 0.3) is 16.8 Å². The molecule has 0 unspecified atom stereocenters. The lowest BCUT2D eigenvalue weighted by Gasteiger charge is -2.45. The van der Waals surface area contributed by atoms with Gasteiger partial charge in [-0.1, -0.05) is 30.3 Å². The van der Waals surface area contributed by atoms with Crippen LogP contribution in [0.5, 0.6) is 11.5 Å². The predicted molar refractivity (Wildman–Crippen MR) is 117 cm³/mol. The second-order valence-electron chi connectivity index (χ2n) is 8.32. The molecular weight excluding hydrogens is 380 g/mol. The standard InChI is InChI=1S/C24H22N2O4/c1-23(2)21-18-8-6-5-7-15(18)9-10-19(21)25(3)24(23)12-11-16-13-17(29-4)14-20(26(27)28)22(16)30-24/h5-14H,1-4H3/t24-/m0/s1. The van der Waals surface area contributed by atoms with Crippen molar-refractivity contribution in [2.75, 3.05) is 19.1 Å². The molecule has 3 aromatic carbocycles. The third-order valence-corrected chi connectivity index (χ3v) is 6.54. The predicted octanol–water partition coefficient (Wildman–Crippen LogP) is 5.29. The van der Waals surface area contributed by atoms with E-state index in [9.17, 15) is 10.1 Å². The van der Waals surface area contributed by atoms with Gasteiger partial charge in [0.2, 0.25) is 11.5 Å². The molecule has 0 bridgehead atoms. The lowest BCUT2D eigenvalue weighted by Crippen LogP contribution is -2.58. The van der Waals surface area contributed by atoms with Crippen molar-refractivity contribution in [3.05, 3.63) is 75.8 Å². The quantitative estimate of drug-likeness (QED) is 0.431. The van der Waals surface area contributed by atoms with Crippen molar-refractivity contribution in [2.45, 2.75) is 25.0 Å². The fraction of sp³-hybridized carbons (Fsp3) is 0.250. The van der Waals surface area contributed by atoms with E-state index < -0.39 is 16.1 Å². The van der Waals surface area contributed by atoms with E-state index in [1.807, 2.05) is 31.3 Å². The van der Waals surface area contributed by atoms with Crippen LogP contribution in [0.4, 0.5) is 11.4 Å². The van der Waals surface area contributed by atoms with Crippen molar-refractivity contribution < 1.29 is 14.4 Å². The number of hydrogen-bond acceptors (Lipinski definition) is 5. The van der Waals surface area contributed by atoms with Gasteiger partial charge in [0.25, 0.3) is 0 Å². The summed E-state index contributed by atoms with van der Waals surface area (Å²) in [5, 5.41) is 14.1. The van der Waals surface area contributed by atoms with E-state index in [0.717, 1.165) is 16.5 Å². The largest absolute Gasteiger partial charge is 0.496 e. The van der Waals surface area contributed by atoms with E-state index in [-0.39, 0.29) is 11.4 Å². The number of nitrogens with zero attached hydrogens (tertiary/aromatic N) is 2. The highest BCUT2D eigenvalue weighted by Crippen LogP contribution is 2.57. The van der Waals surface area contributed by atoms with E-state index in [1.165, 1.54) is 18.7 Å². The van der Waals surface area contributed by atoms with Crippen molar-refractivity contribution in [1.29, 1.82) is 0 Å². The summed E-state index contributed by atoms with van der Waals surface area (Å²) in [7, 11) is 3.48. The number of hydrogen-bond donors (Lipinski definition) is 0. The summed E-state index contributed by atoms with van der Waals surface area (Å²) in [5.74, 6) is 0.693. The number of fused-ring (bicyclic) bond motifs is 4. The molecule has 6 nitrogen and oxygen atoms in total. The molecule has 0 fully saturated rings. The number of methoxy groups -OCH3 is 1. The van der Waals surface area contributed by atoms with Gasteiger partial charge in [0, 0.05) is 18.3 Å². The van der Waals surface area contributed by atoms with E-state index >= 15 is 0 Å². The van der Waals surface area contributed by atoms with Crippen molar-refractivity contribution in [1.82, 2.24) is 0 Å². The number of rotatable bonds is 2. The highest BCUT2D eigenvalue weighted by Gasteiger charge is 2.59. The molecule has 0 amide bonds. The fourth-order valence-corrected chi connectivity index (χ4v) is 4.98. The summed E-state index contributed by atoms with van der Waals surface area (Å²) in [6.07, 6.45) is 3.91. The van der Waals surface area contributed by atoms with Gasteiger partial charge < -0.3 is 14.4 Å². The Kier molecular flexibility index (Phi) is 3.69. The summed E-state index contributed by atoms with van der Waals surface area (Å²) < 4.78 is 11.8. The van der Waals surface area contributed by atoms with Gasteiger partial charge in [0.05, 0.1) is 23.5 Å². The number of nitro groups is 1. The Labute approximate surface area is 174 Å². The minimum atomic E-state index is -0.897. The van der Waals surface area contributed by atoms with Crippen molar-refractivity contribution in [2.24, 2.45) is 0 Å². The van der Waals surface area contributed by atoms with Crippen LogP contribution in [-0.2, 0) is 5.41 Å². The van der Waals surface area contributed by atoms with Crippen LogP contribution in [0.2, 0.25) is 0 Å². The number of ether oxygens (including phenoxy) is 2. The third kappa shape index (κ3) is 2.19. The average molecular weight is 402 g/mol. The maximum absolute atomic E-state index is 11.8. The minimum Gasteiger partial charge on any atom is -0.496 e. The van der Waals surface area contributed by atoms with E-state index in [2.05, 4.69) is 43.0 Å². The van der Waals surface area contributed by atoms with Crippen molar-refractivity contribution >= 4 is 28.2 Å². The highest BCUT2D eigenvalue weighted by molar-refractivity contribution is 5.94.